The van der Waals surface area contributed by atoms with Crippen LogP contribution < -0.4 is 16.0 Å². The number of phenols is 6. The first kappa shape index (κ1) is 28.9. The van der Waals surface area contributed by atoms with Crippen molar-refractivity contribution in [3.63, 3.8) is 0 Å². The lowest BCUT2D eigenvalue weighted by Gasteiger charge is -2.24. The highest BCUT2D eigenvalue weighted by Gasteiger charge is 2.21. The zero-order valence-electron chi connectivity index (χ0n) is 20.8. The Kier molecular flexibility index (Phi) is 9.79. The standard InChI is InChI=1S/C27H31N3O9/c31-19-10-3-7-16(22(19)34)25(37)28-13-2-1-6-15(30-27(39)18-9-5-12-21(33)24(18)36)14-29-26(38)17-8-4-11-20(32)23(17)35/h3-5,7-12,15,27,30-36,39H,1-2,6,13-14H2,(H,28,37)(H,29,38). The molecule has 10 N–H and O–H groups in total. The number of carbonyl (C=O) groups is 2. The van der Waals surface area contributed by atoms with Crippen LogP contribution >= 0.6 is 0 Å². The van der Waals surface area contributed by atoms with Crippen molar-refractivity contribution in [2.45, 2.75) is 31.5 Å². The largest absolute Gasteiger partial charge is 0.504 e. The van der Waals surface area contributed by atoms with Crippen molar-refractivity contribution in [2.75, 3.05) is 13.1 Å². The fourth-order valence-electron chi connectivity index (χ4n) is 3.88. The third-order valence-electron chi connectivity index (χ3n) is 6.03. The van der Waals surface area contributed by atoms with Crippen LogP contribution in [-0.4, -0.2) is 66.7 Å². The number of rotatable bonds is 12. The highest BCUT2D eigenvalue weighted by molar-refractivity contribution is 5.98. The van der Waals surface area contributed by atoms with Gasteiger partial charge >= 0.3 is 0 Å². The summed E-state index contributed by atoms with van der Waals surface area (Å²) in [7, 11) is 0. The number of aliphatic hydroxyl groups excluding tert-OH is 1. The van der Waals surface area contributed by atoms with E-state index in [1.165, 1.54) is 54.6 Å². The summed E-state index contributed by atoms with van der Waals surface area (Å²) in [4.78, 5) is 24.9. The van der Waals surface area contributed by atoms with E-state index < -0.39 is 58.6 Å². The van der Waals surface area contributed by atoms with Crippen molar-refractivity contribution in [3.05, 3.63) is 71.3 Å². The van der Waals surface area contributed by atoms with Gasteiger partial charge in [-0.15, -0.1) is 0 Å². The first-order chi connectivity index (χ1) is 18.6. The molecule has 0 saturated heterocycles. The molecule has 2 amide bonds. The van der Waals surface area contributed by atoms with E-state index in [-0.39, 0.29) is 29.8 Å². The molecule has 12 heteroatoms. The SMILES string of the molecule is O=C(NCCCCC(CNC(=O)c1cccc(O)c1O)NC(O)c1cccc(O)c1O)c1cccc(O)c1O. The number of unbranched alkanes of at least 4 members (excludes halogenated alkanes) is 1. The van der Waals surface area contributed by atoms with Gasteiger partial charge < -0.3 is 46.4 Å². The van der Waals surface area contributed by atoms with Crippen LogP contribution in [0.4, 0.5) is 0 Å². The first-order valence-corrected chi connectivity index (χ1v) is 12.1. The Morgan fingerprint density at radius 2 is 1.18 bits per heavy atom. The Bertz CT molecular complexity index is 1320. The number of nitrogens with one attached hydrogen (secondary N) is 3. The predicted molar refractivity (Wildman–Crippen MR) is 140 cm³/mol. The summed E-state index contributed by atoms with van der Waals surface area (Å²) in [5.41, 5.74) is -0.186. The van der Waals surface area contributed by atoms with Gasteiger partial charge in [-0.3, -0.25) is 14.9 Å². The molecule has 208 valence electrons. The number of aliphatic hydroxyl groups is 1. The molecule has 0 aliphatic rings. The monoisotopic (exact) mass is 541 g/mol. The van der Waals surface area contributed by atoms with E-state index in [1.54, 1.807) is 0 Å². The van der Waals surface area contributed by atoms with Crippen LogP contribution in [0.5, 0.6) is 34.5 Å². The summed E-state index contributed by atoms with van der Waals surface area (Å²) in [6.07, 6.45) is -0.0219. The second kappa shape index (κ2) is 13.2. The minimum Gasteiger partial charge on any atom is -0.504 e. The van der Waals surface area contributed by atoms with E-state index >= 15 is 0 Å². The number of hydrogen-bond acceptors (Lipinski definition) is 10. The van der Waals surface area contributed by atoms with Crippen molar-refractivity contribution >= 4 is 11.8 Å². The maximum absolute atomic E-state index is 12.6. The van der Waals surface area contributed by atoms with E-state index in [2.05, 4.69) is 16.0 Å². The number of phenolic OH excluding ortho intramolecular Hbond substituents is 6. The van der Waals surface area contributed by atoms with Crippen molar-refractivity contribution < 1.29 is 45.3 Å². The van der Waals surface area contributed by atoms with Gasteiger partial charge in [-0.25, -0.2) is 0 Å². The van der Waals surface area contributed by atoms with Gasteiger partial charge in [0.2, 0.25) is 0 Å². The van der Waals surface area contributed by atoms with Crippen LogP contribution in [0, 0.1) is 0 Å². The summed E-state index contributed by atoms with van der Waals surface area (Å²) in [6.45, 7) is 0.216. The summed E-state index contributed by atoms with van der Waals surface area (Å²) in [5, 5.41) is 77.6. The van der Waals surface area contributed by atoms with E-state index in [9.17, 15) is 45.3 Å². The third kappa shape index (κ3) is 7.43. The van der Waals surface area contributed by atoms with Crippen LogP contribution in [0.15, 0.2) is 54.6 Å². The number of carbonyl (C=O) groups excluding carboxylic acids is 2. The van der Waals surface area contributed by atoms with Gasteiger partial charge in [0, 0.05) is 24.7 Å². The highest BCUT2D eigenvalue weighted by atomic mass is 16.3. The molecular formula is C27H31N3O9. The minimum absolute atomic E-state index is 0.0198. The molecule has 0 bridgehead atoms. The van der Waals surface area contributed by atoms with Crippen LogP contribution in [0.2, 0.25) is 0 Å². The molecule has 39 heavy (non-hydrogen) atoms. The van der Waals surface area contributed by atoms with Crippen molar-refractivity contribution in [3.8, 4) is 34.5 Å². The molecular weight excluding hydrogens is 510 g/mol. The molecule has 12 nitrogen and oxygen atoms in total. The second-order valence-electron chi connectivity index (χ2n) is 8.79. The molecule has 2 atom stereocenters. The average Bonchev–Trinajstić information content (AvgIpc) is 2.91. The highest BCUT2D eigenvalue weighted by Crippen LogP contribution is 2.32. The van der Waals surface area contributed by atoms with Gasteiger partial charge in [0.15, 0.2) is 34.5 Å². The summed E-state index contributed by atoms with van der Waals surface area (Å²) < 4.78 is 0. The Balaban J connectivity index is 1.60. The topological polar surface area (TPSA) is 212 Å². The zero-order valence-corrected chi connectivity index (χ0v) is 20.8. The fraction of sp³-hybridized carbons (Fsp3) is 0.259. The normalized spacial score (nSPS) is 12.4. The Morgan fingerprint density at radius 1 is 0.667 bits per heavy atom. The average molecular weight is 542 g/mol. The van der Waals surface area contributed by atoms with Gasteiger partial charge in [-0.2, -0.15) is 0 Å². The maximum Gasteiger partial charge on any atom is 0.255 e. The van der Waals surface area contributed by atoms with Crippen molar-refractivity contribution in [2.24, 2.45) is 0 Å². The van der Waals surface area contributed by atoms with Gasteiger partial charge in [-0.05, 0) is 43.2 Å². The molecule has 0 heterocycles. The number of hydrogen-bond donors (Lipinski definition) is 10. The molecule has 0 saturated carbocycles. The number of aromatic hydroxyl groups is 6. The Labute approximate surface area is 223 Å². The number of amides is 2. The summed E-state index contributed by atoms with van der Waals surface area (Å²) in [6, 6.07) is 11.6. The maximum atomic E-state index is 12.6. The number of para-hydroxylation sites is 3. The van der Waals surface area contributed by atoms with Crippen LogP contribution in [0.25, 0.3) is 0 Å². The summed E-state index contributed by atoms with van der Waals surface area (Å²) >= 11 is 0. The molecule has 0 spiro atoms. The van der Waals surface area contributed by atoms with Crippen LogP contribution in [0.1, 0.15) is 51.8 Å². The quantitative estimate of drug-likeness (QED) is 0.0913. The van der Waals surface area contributed by atoms with E-state index in [1.807, 2.05) is 0 Å². The first-order valence-electron chi connectivity index (χ1n) is 12.1. The van der Waals surface area contributed by atoms with E-state index in [4.69, 9.17) is 0 Å². The summed E-state index contributed by atoms with van der Waals surface area (Å²) in [5.74, 6) is -4.08. The van der Waals surface area contributed by atoms with Crippen molar-refractivity contribution in [1.29, 1.82) is 0 Å². The molecule has 0 aliphatic heterocycles. The molecule has 3 aromatic rings. The minimum atomic E-state index is -1.40. The number of benzene rings is 3. The molecule has 0 aromatic heterocycles. The van der Waals surface area contributed by atoms with Crippen molar-refractivity contribution in [1.82, 2.24) is 16.0 Å². The zero-order chi connectivity index (χ0) is 28.5. The van der Waals surface area contributed by atoms with E-state index in [0.717, 1.165) is 0 Å². The molecule has 2 unspecified atom stereocenters. The lowest BCUT2D eigenvalue weighted by molar-refractivity contribution is 0.0915. The van der Waals surface area contributed by atoms with Gasteiger partial charge in [0.05, 0.1) is 11.1 Å². The van der Waals surface area contributed by atoms with Gasteiger partial charge in [0.1, 0.15) is 6.23 Å². The Morgan fingerprint density at radius 3 is 1.77 bits per heavy atom. The van der Waals surface area contributed by atoms with Gasteiger partial charge in [-0.1, -0.05) is 30.7 Å². The fourth-order valence-corrected chi connectivity index (χ4v) is 3.88. The third-order valence-corrected chi connectivity index (χ3v) is 6.03. The smallest absolute Gasteiger partial charge is 0.255 e. The Hall–Kier alpha value is -4.68. The molecule has 0 fully saturated rings. The van der Waals surface area contributed by atoms with E-state index in [0.29, 0.717) is 19.3 Å². The lowest BCUT2D eigenvalue weighted by Crippen LogP contribution is -2.42. The predicted octanol–water partition coefficient (Wildman–Crippen LogP) is 1.90. The second-order valence-corrected chi connectivity index (χ2v) is 8.79. The molecule has 3 rings (SSSR count). The lowest BCUT2D eigenvalue weighted by atomic mass is 10.1. The molecule has 0 aliphatic carbocycles. The molecule has 3 aromatic carbocycles. The van der Waals surface area contributed by atoms with Crippen LogP contribution in [0.3, 0.4) is 0 Å². The van der Waals surface area contributed by atoms with Crippen LogP contribution in [-0.2, 0) is 0 Å². The molecule has 0 radical (unpaired) electrons. The van der Waals surface area contributed by atoms with Gasteiger partial charge in [0.25, 0.3) is 11.8 Å².